The van der Waals surface area contributed by atoms with E-state index in [-0.39, 0.29) is 0 Å². The van der Waals surface area contributed by atoms with Crippen molar-refractivity contribution in [2.24, 2.45) is 0 Å². The zero-order chi connectivity index (χ0) is 7.40. The first-order chi connectivity index (χ1) is 4.83. The minimum atomic E-state index is 0.877. The molecular weight excluding hydrogens is 190 g/mol. The maximum absolute atomic E-state index is 3.16. The third-order valence-corrected chi connectivity index (χ3v) is 1.63. The molecule has 54 valence electrons. The van der Waals surface area contributed by atoms with Crippen LogP contribution in [0.25, 0.3) is 0 Å². The van der Waals surface area contributed by atoms with E-state index in [4.69, 9.17) is 0 Å². The van der Waals surface area contributed by atoms with Crippen LogP contribution in [-0.2, 0) is 6.54 Å². The summed E-state index contributed by atoms with van der Waals surface area (Å²) in [7, 11) is 0. The highest BCUT2D eigenvalue weighted by Crippen LogP contribution is 2.03. The van der Waals surface area contributed by atoms with Crippen LogP contribution in [0.4, 0.5) is 0 Å². The van der Waals surface area contributed by atoms with Gasteiger partial charge in [-0.1, -0.05) is 29.8 Å². The topological polar surface area (TPSA) is 12.0 Å². The molecular formula is C8H10BrN. The van der Waals surface area contributed by atoms with E-state index < -0.39 is 0 Å². The van der Waals surface area contributed by atoms with Gasteiger partial charge in [-0.25, -0.2) is 0 Å². The van der Waals surface area contributed by atoms with Gasteiger partial charge in [-0.3, -0.25) is 4.34 Å². The first-order valence-electron chi connectivity index (χ1n) is 3.22. The van der Waals surface area contributed by atoms with Crippen LogP contribution in [-0.4, -0.2) is 0 Å². The van der Waals surface area contributed by atoms with Gasteiger partial charge in [-0.2, -0.15) is 0 Å². The van der Waals surface area contributed by atoms with Crippen LogP contribution in [0.2, 0.25) is 0 Å². The maximum atomic E-state index is 3.16. The van der Waals surface area contributed by atoms with Crippen LogP contribution in [0.15, 0.2) is 24.3 Å². The molecule has 0 aromatic heterocycles. The van der Waals surface area contributed by atoms with E-state index in [1.807, 2.05) is 0 Å². The Morgan fingerprint density at radius 1 is 1.50 bits per heavy atom. The Kier molecular flexibility index (Phi) is 2.90. The van der Waals surface area contributed by atoms with E-state index in [1.54, 1.807) is 0 Å². The van der Waals surface area contributed by atoms with Crippen LogP contribution in [0, 0.1) is 6.92 Å². The molecule has 0 heterocycles. The fourth-order valence-electron chi connectivity index (χ4n) is 0.899. The average Bonchev–Trinajstić information content (AvgIpc) is 1.88. The predicted octanol–water partition coefficient (Wildman–Crippen LogP) is 2.39. The van der Waals surface area contributed by atoms with Crippen molar-refractivity contribution in [3.8, 4) is 0 Å². The largest absolute Gasteiger partial charge is 0.251 e. The van der Waals surface area contributed by atoms with E-state index in [0.29, 0.717) is 0 Å². The number of hydrogen-bond donors (Lipinski definition) is 1. The van der Waals surface area contributed by atoms with E-state index in [0.717, 1.165) is 6.54 Å². The minimum Gasteiger partial charge on any atom is -0.251 e. The van der Waals surface area contributed by atoms with Crippen LogP contribution in [0.5, 0.6) is 0 Å². The summed E-state index contributed by atoms with van der Waals surface area (Å²) >= 11 is 3.16. The summed E-state index contributed by atoms with van der Waals surface area (Å²) in [6, 6.07) is 8.42. The minimum absolute atomic E-state index is 0.877. The van der Waals surface area contributed by atoms with Crippen molar-refractivity contribution in [1.82, 2.24) is 4.34 Å². The first-order valence-corrected chi connectivity index (χ1v) is 4.01. The lowest BCUT2D eigenvalue weighted by atomic mass is 10.1. The highest BCUT2D eigenvalue weighted by molar-refractivity contribution is 9.08. The second-order valence-corrected chi connectivity index (χ2v) is 2.86. The molecule has 1 aromatic carbocycles. The molecule has 0 fully saturated rings. The molecule has 1 aromatic rings. The molecule has 0 aliphatic rings. The molecule has 0 saturated heterocycles. The summed E-state index contributed by atoms with van der Waals surface area (Å²) in [5.74, 6) is 0. The summed E-state index contributed by atoms with van der Waals surface area (Å²) in [6.45, 7) is 2.97. The molecule has 0 aliphatic heterocycles. The highest BCUT2D eigenvalue weighted by atomic mass is 79.9. The monoisotopic (exact) mass is 199 g/mol. The molecule has 1 nitrogen and oxygen atoms in total. The molecule has 0 amide bonds. The van der Waals surface area contributed by atoms with Crippen molar-refractivity contribution < 1.29 is 0 Å². The Morgan fingerprint density at radius 2 is 2.30 bits per heavy atom. The van der Waals surface area contributed by atoms with Gasteiger partial charge in [0.05, 0.1) is 0 Å². The van der Waals surface area contributed by atoms with Crippen LogP contribution in [0.1, 0.15) is 11.1 Å². The third kappa shape index (κ3) is 2.12. The van der Waals surface area contributed by atoms with Crippen LogP contribution in [0.3, 0.4) is 0 Å². The second-order valence-electron chi connectivity index (χ2n) is 2.30. The van der Waals surface area contributed by atoms with Gasteiger partial charge in [0.2, 0.25) is 0 Å². The zero-order valence-corrected chi connectivity index (χ0v) is 7.48. The smallest absolute Gasteiger partial charge is 0.0313 e. The number of nitrogens with one attached hydrogen (secondary N) is 1. The van der Waals surface area contributed by atoms with Gasteiger partial charge in [0.1, 0.15) is 0 Å². The molecule has 1 N–H and O–H groups in total. The fourth-order valence-corrected chi connectivity index (χ4v) is 1.22. The SMILES string of the molecule is Cc1cccc(CNBr)c1. The standard InChI is InChI=1S/C8H10BrN/c1-7-3-2-4-8(5-7)6-10-9/h2-5,10H,6H2,1H3. The molecule has 0 bridgehead atoms. The Bertz CT molecular complexity index is 210. The summed E-state index contributed by atoms with van der Waals surface area (Å²) in [6.07, 6.45) is 0. The van der Waals surface area contributed by atoms with Gasteiger partial charge in [0.25, 0.3) is 0 Å². The highest BCUT2D eigenvalue weighted by Gasteiger charge is 1.88. The Hall–Kier alpha value is -0.340. The van der Waals surface area contributed by atoms with Crippen molar-refractivity contribution in [2.45, 2.75) is 13.5 Å². The molecule has 0 atom stereocenters. The average molecular weight is 200 g/mol. The van der Waals surface area contributed by atoms with Gasteiger partial charge in [-0.05, 0) is 12.5 Å². The predicted molar refractivity (Wildman–Crippen MR) is 46.9 cm³/mol. The lowest BCUT2D eigenvalue weighted by molar-refractivity contribution is 0.992. The maximum Gasteiger partial charge on any atom is 0.0313 e. The van der Waals surface area contributed by atoms with Crippen molar-refractivity contribution in [2.75, 3.05) is 0 Å². The second kappa shape index (κ2) is 3.74. The molecule has 0 spiro atoms. The van der Waals surface area contributed by atoms with Gasteiger partial charge in [0, 0.05) is 22.7 Å². The molecule has 0 radical (unpaired) electrons. The molecule has 0 aliphatic carbocycles. The Labute approximate surface area is 69.8 Å². The summed E-state index contributed by atoms with van der Waals surface area (Å²) in [5.41, 5.74) is 2.61. The van der Waals surface area contributed by atoms with Crippen LogP contribution >= 0.6 is 16.1 Å². The third-order valence-electron chi connectivity index (χ3n) is 1.35. The van der Waals surface area contributed by atoms with Gasteiger partial charge in [0.15, 0.2) is 0 Å². The zero-order valence-electron chi connectivity index (χ0n) is 5.89. The van der Waals surface area contributed by atoms with Crippen LogP contribution < -0.4 is 4.34 Å². The Balaban J connectivity index is 2.75. The molecule has 0 saturated carbocycles. The number of halogens is 1. The van der Waals surface area contributed by atoms with Crippen molar-refractivity contribution in [3.63, 3.8) is 0 Å². The van der Waals surface area contributed by atoms with E-state index in [1.165, 1.54) is 11.1 Å². The molecule has 0 unspecified atom stereocenters. The molecule has 2 heteroatoms. The van der Waals surface area contributed by atoms with Crippen molar-refractivity contribution >= 4 is 16.1 Å². The first kappa shape index (κ1) is 7.76. The van der Waals surface area contributed by atoms with Crippen molar-refractivity contribution in [1.29, 1.82) is 0 Å². The number of hydrogen-bond acceptors (Lipinski definition) is 1. The number of aryl methyl sites for hydroxylation is 1. The lowest BCUT2D eigenvalue weighted by Crippen LogP contribution is -1.96. The fraction of sp³-hybridized carbons (Fsp3) is 0.250. The Morgan fingerprint density at radius 3 is 2.90 bits per heavy atom. The summed E-state index contributed by atoms with van der Waals surface area (Å²) in [5, 5.41) is 0. The van der Waals surface area contributed by atoms with Gasteiger partial charge in [-0.15, -0.1) is 0 Å². The van der Waals surface area contributed by atoms with Crippen molar-refractivity contribution in [3.05, 3.63) is 35.4 Å². The summed E-state index contributed by atoms with van der Waals surface area (Å²) < 4.78 is 2.92. The lowest BCUT2D eigenvalue weighted by Gasteiger charge is -1.98. The van der Waals surface area contributed by atoms with E-state index in [2.05, 4.69) is 51.7 Å². The number of rotatable bonds is 2. The van der Waals surface area contributed by atoms with Gasteiger partial charge < -0.3 is 0 Å². The van der Waals surface area contributed by atoms with E-state index >= 15 is 0 Å². The van der Waals surface area contributed by atoms with E-state index in [9.17, 15) is 0 Å². The normalized spacial score (nSPS) is 9.80. The van der Waals surface area contributed by atoms with Gasteiger partial charge >= 0.3 is 0 Å². The number of benzene rings is 1. The quantitative estimate of drug-likeness (QED) is 0.722. The molecule has 1 rings (SSSR count). The summed E-state index contributed by atoms with van der Waals surface area (Å²) in [4.78, 5) is 0. The molecule has 10 heavy (non-hydrogen) atoms.